The molecule has 0 radical (unpaired) electrons. The fraction of sp³-hybridized carbons (Fsp3) is 0.911. The SMILES string of the molecule is C.C.C.C.C.C.CC1C2CC(CC2C(=O)O)C1C1C2CC(C3C(=O)OC(=O)C23)C1C1C(C)C2CC(C(=O)OC3(C)CC4C5CCCC5C5CC453)C1C2. The first-order valence-electron chi connectivity index (χ1n) is 19.2. The van der Waals surface area contributed by atoms with Gasteiger partial charge < -0.3 is 14.6 Å². The van der Waals surface area contributed by atoms with Crippen LogP contribution in [0.2, 0.25) is 0 Å². The van der Waals surface area contributed by atoms with Crippen molar-refractivity contribution in [2.45, 2.75) is 135 Å². The lowest BCUT2D eigenvalue weighted by Crippen LogP contribution is -2.58. The van der Waals surface area contributed by atoms with Gasteiger partial charge in [0, 0.05) is 5.41 Å². The van der Waals surface area contributed by atoms with Gasteiger partial charge in [-0.1, -0.05) is 64.8 Å². The summed E-state index contributed by atoms with van der Waals surface area (Å²) in [7, 11) is 0. The molecular formula is C45H74O7. The van der Waals surface area contributed by atoms with Crippen LogP contribution in [0.3, 0.4) is 0 Å². The molecule has 11 rings (SSSR count). The molecule has 1 spiro atoms. The van der Waals surface area contributed by atoms with Crippen molar-refractivity contribution >= 4 is 23.9 Å². The second-order valence-electron chi connectivity index (χ2n) is 19.3. The highest BCUT2D eigenvalue weighted by atomic mass is 16.6. The van der Waals surface area contributed by atoms with E-state index in [-0.39, 0.29) is 121 Å². The van der Waals surface area contributed by atoms with E-state index < -0.39 is 5.97 Å². The first-order valence-corrected chi connectivity index (χ1v) is 19.2. The summed E-state index contributed by atoms with van der Waals surface area (Å²) in [4.78, 5) is 52.8. The maximum absolute atomic E-state index is 14.3. The molecule has 7 heteroatoms. The van der Waals surface area contributed by atoms with E-state index in [4.69, 9.17) is 9.47 Å². The Hall–Kier alpha value is -1.92. The molecule has 1 N–H and O–H groups in total. The highest BCUT2D eigenvalue weighted by molar-refractivity contribution is 5.97. The van der Waals surface area contributed by atoms with Crippen molar-refractivity contribution in [2.75, 3.05) is 0 Å². The highest BCUT2D eigenvalue weighted by Gasteiger charge is 2.84. The van der Waals surface area contributed by atoms with Gasteiger partial charge in [-0.3, -0.25) is 19.2 Å². The third-order valence-corrected chi connectivity index (χ3v) is 18.8. The molecule has 1 saturated heterocycles. The number of esters is 3. The third kappa shape index (κ3) is 4.49. The van der Waals surface area contributed by atoms with Crippen LogP contribution in [-0.2, 0) is 28.7 Å². The van der Waals surface area contributed by atoms with Crippen LogP contribution in [0.5, 0.6) is 0 Å². The molecule has 0 aromatic heterocycles. The van der Waals surface area contributed by atoms with Crippen molar-refractivity contribution in [3.63, 3.8) is 0 Å². The van der Waals surface area contributed by atoms with Gasteiger partial charge in [0.25, 0.3) is 0 Å². The normalized spacial score (nSPS) is 56.4. The van der Waals surface area contributed by atoms with E-state index in [1.807, 2.05) is 0 Å². The Balaban J connectivity index is 0.000000871. The Labute approximate surface area is 315 Å². The number of carbonyl (C=O) groups excluding carboxylic acids is 3. The summed E-state index contributed by atoms with van der Waals surface area (Å²) < 4.78 is 12.1. The van der Waals surface area contributed by atoms with Gasteiger partial charge in [-0.25, -0.2) is 0 Å². The van der Waals surface area contributed by atoms with Gasteiger partial charge in [-0.2, -0.15) is 0 Å². The van der Waals surface area contributed by atoms with Crippen molar-refractivity contribution in [3.05, 3.63) is 0 Å². The Kier molecular flexibility index (Phi) is 10.2. The van der Waals surface area contributed by atoms with E-state index in [9.17, 15) is 24.3 Å². The third-order valence-electron chi connectivity index (χ3n) is 18.8. The zero-order chi connectivity index (χ0) is 31.3. The van der Waals surface area contributed by atoms with Gasteiger partial charge in [0.05, 0.1) is 23.7 Å². The molecule has 0 aromatic rings. The molecule has 10 saturated carbocycles. The number of hydrogen-bond donors (Lipinski definition) is 1. The Bertz CT molecular complexity index is 1470. The van der Waals surface area contributed by atoms with Crippen LogP contribution in [0.1, 0.15) is 130 Å². The molecule has 11 fully saturated rings. The molecule has 22 atom stereocenters. The maximum atomic E-state index is 14.3. The summed E-state index contributed by atoms with van der Waals surface area (Å²) >= 11 is 0. The predicted molar refractivity (Wildman–Crippen MR) is 203 cm³/mol. The van der Waals surface area contributed by atoms with Gasteiger partial charge >= 0.3 is 23.9 Å². The summed E-state index contributed by atoms with van der Waals surface area (Å²) in [6, 6.07) is 0. The molecule has 0 aromatic carbocycles. The molecule has 1 heterocycles. The predicted octanol–water partition coefficient (Wildman–Crippen LogP) is 9.66. The quantitative estimate of drug-likeness (QED) is 0.222. The fourth-order valence-electron chi connectivity index (χ4n) is 17.6. The zero-order valence-corrected chi connectivity index (χ0v) is 27.5. The van der Waals surface area contributed by atoms with Crippen LogP contribution in [0.15, 0.2) is 0 Å². The number of rotatable bonds is 5. The van der Waals surface area contributed by atoms with E-state index in [0.29, 0.717) is 47.3 Å². The van der Waals surface area contributed by atoms with Crippen LogP contribution in [0.4, 0.5) is 0 Å². The minimum atomic E-state index is -0.653. The molecule has 7 nitrogen and oxygen atoms in total. The van der Waals surface area contributed by atoms with Crippen LogP contribution in [0, 0.1) is 124 Å². The number of ether oxygens (including phenoxy) is 2. The first kappa shape index (κ1) is 41.2. The lowest BCUT2D eigenvalue weighted by molar-refractivity contribution is -0.208. The molecule has 296 valence electrons. The molecule has 52 heavy (non-hydrogen) atoms. The summed E-state index contributed by atoms with van der Waals surface area (Å²) in [5.74, 6) is 4.92. The largest absolute Gasteiger partial charge is 0.481 e. The fourth-order valence-corrected chi connectivity index (χ4v) is 17.6. The van der Waals surface area contributed by atoms with Crippen LogP contribution in [0.25, 0.3) is 0 Å². The lowest BCUT2D eigenvalue weighted by atomic mass is 9.53. The van der Waals surface area contributed by atoms with Crippen molar-refractivity contribution in [2.24, 2.45) is 124 Å². The van der Waals surface area contributed by atoms with E-state index in [0.717, 1.165) is 62.2 Å². The average Bonchev–Trinajstić information content (AvgIpc) is 3.78. The first-order chi connectivity index (χ1) is 22.0. The van der Waals surface area contributed by atoms with Crippen molar-refractivity contribution in [3.8, 4) is 0 Å². The van der Waals surface area contributed by atoms with Crippen molar-refractivity contribution in [1.82, 2.24) is 0 Å². The van der Waals surface area contributed by atoms with Gasteiger partial charge in [-0.05, 0) is 159 Å². The molecule has 6 bridgehead atoms. The molecule has 10 aliphatic carbocycles. The number of aliphatic carboxylic acids is 1. The maximum Gasteiger partial charge on any atom is 0.317 e. The number of carboxylic acid groups (broad SMARTS) is 1. The van der Waals surface area contributed by atoms with Crippen LogP contribution in [-0.4, -0.2) is 34.6 Å². The van der Waals surface area contributed by atoms with Crippen molar-refractivity contribution < 1.29 is 33.8 Å². The number of fused-ring (bicyclic) bond motifs is 12. The second kappa shape index (κ2) is 12.8. The van der Waals surface area contributed by atoms with E-state index in [2.05, 4.69) is 20.8 Å². The van der Waals surface area contributed by atoms with E-state index in [1.54, 1.807) is 0 Å². The number of carboxylic acids is 1. The Morgan fingerprint density at radius 3 is 1.79 bits per heavy atom. The zero-order valence-electron chi connectivity index (χ0n) is 27.5. The molecule has 0 amide bonds. The van der Waals surface area contributed by atoms with Crippen LogP contribution < -0.4 is 0 Å². The molecule has 1 aliphatic heterocycles. The minimum Gasteiger partial charge on any atom is -0.481 e. The standard InChI is InChI=1S/C39H50O7.6CH4/c1-14-16-7-21(23(8-16)35(42)46-38(3)12-26-18-5-4-6-19(18)27-13-39(26,27)38)29(14)31-25-11-24(32-33(25)37(44)45-36(32)43)30(31)28-15(2)20-9-17(28)10-22(20)34(40)41;;;;;;/h14-33H,4-13H2,1-3H3,(H,40,41);6*1H4. The summed E-state index contributed by atoms with van der Waals surface area (Å²) in [5, 5.41) is 9.98. The molecule has 22 unspecified atom stereocenters. The minimum absolute atomic E-state index is 0. The average molecular weight is 727 g/mol. The van der Waals surface area contributed by atoms with Gasteiger partial charge in [0.15, 0.2) is 0 Å². The summed E-state index contributed by atoms with van der Waals surface area (Å²) in [6.45, 7) is 6.95. The van der Waals surface area contributed by atoms with Gasteiger partial charge in [-0.15, -0.1) is 0 Å². The smallest absolute Gasteiger partial charge is 0.317 e. The van der Waals surface area contributed by atoms with E-state index in [1.165, 1.54) is 25.7 Å². The molecular weight excluding hydrogens is 652 g/mol. The summed E-state index contributed by atoms with van der Waals surface area (Å²) in [6.07, 6.45) is 11.1. The topological polar surface area (TPSA) is 107 Å². The van der Waals surface area contributed by atoms with Crippen molar-refractivity contribution in [1.29, 1.82) is 0 Å². The van der Waals surface area contributed by atoms with Crippen LogP contribution >= 0.6 is 0 Å². The number of cyclic esters (lactones) is 2. The highest BCUT2D eigenvalue weighted by Crippen LogP contribution is 2.86. The number of carbonyl (C=O) groups is 4. The lowest BCUT2D eigenvalue weighted by Gasteiger charge is -2.54. The Morgan fingerprint density at radius 2 is 1.21 bits per heavy atom. The second-order valence-corrected chi connectivity index (χ2v) is 19.3. The summed E-state index contributed by atoms with van der Waals surface area (Å²) in [5.41, 5.74) is -0.0173. The number of hydrogen-bond acceptors (Lipinski definition) is 6. The Morgan fingerprint density at radius 1 is 0.654 bits per heavy atom. The molecule has 11 aliphatic rings. The monoisotopic (exact) mass is 727 g/mol. The van der Waals surface area contributed by atoms with E-state index >= 15 is 0 Å². The van der Waals surface area contributed by atoms with Gasteiger partial charge in [0.1, 0.15) is 5.60 Å². The van der Waals surface area contributed by atoms with Gasteiger partial charge in [0.2, 0.25) is 0 Å².